The van der Waals surface area contributed by atoms with E-state index in [1.807, 2.05) is 12.1 Å². The molecular weight excluding hydrogens is 290 g/mol. The van der Waals surface area contributed by atoms with Crippen LogP contribution in [0.3, 0.4) is 0 Å². The molecule has 0 unspecified atom stereocenters. The number of amides is 1. The van der Waals surface area contributed by atoms with Crippen molar-refractivity contribution in [2.24, 2.45) is 0 Å². The predicted molar refractivity (Wildman–Crippen MR) is 81.1 cm³/mol. The van der Waals surface area contributed by atoms with E-state index in [9.17, 15) is 9.90 Å². The van der Waals surface area contributed by atoms with Crippen LogP contribution in [0.2, 0.25) is 5.02 Å². The lowest BCUT2D eigenvalue weighted by Gasteiger charge is -2.32. The summed E-state index contributed by atoms with van der Waals surface area (Å²) < 4.78 is 4.57. The molecular formula is C16H18ClNO3. The number of alkyl carbamates (subject to hydrolysis) is 1. The van der Waals surface area contributed by atoms with E-state index in [2.05, 4.69) is 21.9 Å². The van der Waals surface area contributed by atoms with Crippen LogP contribution in [0.5, 0.6) is 0 Å². The monoisotopic (exact) mass is 307 g/mol. The highest BCUT2D eigenvalue weighted by Crippen LogP contribution is 2.28. The Morgan fingerprint density at radius 2 is 2.00 bits per heavy atom. The first kappa shape index (κ1) is 15.7. The molecule has 1 aromatic carbocycles. The van der Waals surface area contributed by atoms with Crippen molar-refractivity contribution in [1.29, 1.82) is 0 Å². The second-order valence-electron chi connectivity index (χ2n) is 5.20. The minimum Gasteiger partial charge on any atom is -0.453 e. The van der Waals surface area contributed by atoms with Gasteiger partial charge in [0, 0.05) is 16.6 Å². The topological polar surface area (TPSA) is 58.6 Å². The fourth-order valence-corrected chi connectivity index (χ4v) is 2.44. The van der Waals surface area contributed by atoms with Crippen molar-refractivity contribution < 1.29 is 14.6 Å². The van der Waals surface area contributed by atoms with Crippen LogP contribution >= 0.6 is 11.6 Å². The quantitative estimate of drug-likeness (QED) is 0.784. The Kier molecular flexibility index (Phi) is 5.11. The van der Waals surface area contributed by atoms with Crippen LogP contribution in [-0.4, -0.2) is 30.0 Å². The van der Waals surface area contributed by atoms with Crippen molar-refractivity contribution in [2.45, 2.75) is 37.3 Å². The van der Waals surface area contributed by atoms with Gasteiger partial charge in [-0.1, -0.05) is 23.4 Å². The highest BCUT2D eigenvalue weighted by atomic mass is 35.5. The number of halogens is 1. The maximum atomic E-state index is 11.1. The fourth-order valence-electron chi connectivity index (χ4n) is 2.31. The molecule has 4 nitrogen and oxygen atoms in total. The van der Waals surface area contributed by atoms with Crippen LogP contribution in [0.1, 0.15) is 31.2 Å². The van der Waals surface area contributed by atoms with Crippen molar-refractivity contribution in [3.63, 3.8) is 0 Å². The first-order chi connectivity index (χ1) is 10.0. The van der Waals surface area contributed by atoms with E-state index < -0.39 is 11.7 Å². The fraction of sp³-hybridized carbons (Fsp3) is 0.438. The molecule has 5 heteroatoms. The summed E-state index contributed by atoms with van der Waals surface area (Å²) in [6, 6.07) is 7.22. The van der Waals surface area contributed by atoms with Crippen molar-refractivity contribution >= 4 is 17.7 Å². The van der Waals surface area contributed by atoms with E-state index >= 15 is 0 Å². The van der Waals surface area contributed by atoms with Gasteiger partial charge in [-0.2, -0.15) is 0 Å². The van der Waals surface area contributed by atoms with Gasteiger partial charge in [-0.15, -0.1) is 0 Å². The summed E-state index contributed by atoms with van der Waals surface area (Å²) >= 11 is 5.82. The number of carbonyl (C=O) groups is 1. The molecule has 0 heterocycles. The number of methoxy groups -OCH3 is 1. The zero-order valence-electron chi connectivity index (χ0n) is 11.9. The van der Waals surface area contributed by atoms with E-state index in [4.69, 9.17) is 11.6 Å². The largest absolute Gasteiger partial charge is 0.453 e. The molecule has 1 saturated carbocycles. The summed E-state index contributed by atoms with van der Waals surface area (Å²) in [6.45, 7) is 0. The number of carbonyl (C=O) groups excluding carboxylic acids is 1. The number of nitrogens with one attached hydrogen (secondary N) is 1. The zero-order valence-corrected chi connectivity index (χ0v) is 12.6. The Balaban J connectivity index is 1.93. The van der Waals surface area contributed by atoms with Crippen molar-refractivity contribution in [3.8, 4) is 11.8 Å². The van der Waals surface area contributed by atoms with Gasteiger partial charge in [0.05, 0.1) is 7.11 Å². The summed E-state index contributed by atoms with van der Waals surface area (Å²) in [7, 11) is 1.34. The SMILES string of the molecule is COC(=O)N[C@H]1CC[C@@](O)(C#Cc2ccc(Cl)cc2)CC1. The van der Waals surface area contributed by atoms with E-state index in [1.165, 1.54) is 7.11 Å². The number of aliphatic hydroxyl groups is 1. The molecule has 0 spiro atoms. The number of rotatable bonds is 1. The predicted octanol–water partition coefficient (Wildman–Crippen LogP) is 2.72. The first-order valence-electron chi connectivity index (χ1n) is 6.86. The molecule has 1 fully saturated rings. The van der Waals surface area contributed by atoms with Crippen molar-refractivity contribution in [3.05, 3.63) is 34.9 Å². The molecule has 0 radical (unpaired) electrons. The highest BCUT2D eigenvalue weighted by molar-refractivity contribution is 6.30. The van der Waals surface area contributed by atoms with Crippen LogP contribution in [0.25, 0.3) is 0 Å². The molecule has 0 aromatic heterocycles. The lowest BCUT2D eigenvalue weighted by molar-refractivity contribution is 0.0503. The average molecular weight is 308 g/mol. The molecule has 0 saturated heterocycles. The van der Waals surface area contributed by atoms with Crippen molar-refractivity contribution in [1.82, 2.24) is 5.32 Å². The van der Waals surface area contributed by atoms with Gasteiger partial charge in [0.2, 0.25) is 0 Å². The standard InChI is InChI=1S/C16H18ClNO3/c1-21-15(19)18-14-7-10-16(20,11-8-14)9-6-12-2-4-13(17)5-3-12/h2-5,14,20H,7-8,10-11H2,1H3,(H,18,19)/t14-,16-. The maximum absolute atomic E-state index is 11.1. The third-order valence-corrected chi connectivity index (χ3v) is 3.86. The molecule has 1 aliphatic rings. The van der Waals surface area contributed by atoms with Crippen LogP contribution in [-0.2, 0) is 4.74 Å². The van der Waals surface area contributed by atoms with Gasteiger partial charge in [-0.3, -0.25) is 0 Å². The normalized spacial score (nSPS) is 24.6. The maximum Gasteiger partial charge on any atom is 0.407 e. The molecule has 0 atom stereocenters. The lowest BCUT2D eigenvalue weighted by atomic mass is 9.82. The number of hydrogen-bond acceptors (Lipinski definition) is 3. The molecule has 0 bridgehead atoms. The Labute approximate surface area is 129 Å². The van der Waals surface area contributed by atoms with E-state index in [0.29, 0.717) is 30.7 Å². The second kappa shape index (κ2) is 6.84. The second-order valence-corrected chi connectivity index (χ2v) is 5.64. The van der Waals surface area contributed by atoms with E-state index in [1.54, 1.807) is 12.1 Å². The summed E-state index contributed by atoms with van der Waals surface area (Å²) in [6.07, 6.45) is 1.99. The molecule has 2 N–H and O–H groups in total. The van der Waals surface area contributed by atoms with Crippen LogP contribution in [0, 0.1) is 11.8 Å². The minimum atomic E-state index is -0.992. The van der Waals surface area contributed by atoms with Gasteiger partial charge in [-0.05, 0) is 49.9 Å². The minimum absolute atomic E-state index is 0.0371. The van der Waals surface area contributed by atoms with E-state index in [-0.39, 0.29) is 6.04 Å². The Morgan fingerprint density at radius 1 is 1.38 bits per heavy atom. The highest BCUT2D eigenvalue weighted by Gasteiger charge is 2.32. The lowest BCUT2D eigenvalue weighted by Crippen LogP contribution is -2.42. The molecule has 1 aromatic rings. The van der Waals surface area contributed by atoms with Gasteiger partial charge in [0.25, 0.3) is 0 Å². The Hall–Kier alpha value is -1.70. The summed E-state index contributed by atoms with van der Waals surface area (Å²) in [5.41, 5.74) is -0.170. The Bertz CT molecular complexity index is 551. The Morgan fingerprint density at radius 3 is 2.57 bits per heavy atom. The average Bonchev–Trinajstić information content (AvgIpc) is 2.49. The first-order valence-corrected chi connectivity index (χ1v) is 7.24. The van der Waals surface area contributed by atoms with Gasteiger partial charge < -0.3 is 15.2 Å². The van der Waals surface area contributed by atoms with Gasteiger partial charge in [0.15, 0.2) is 0 Å². The van der Waals surface area contributed by atoms with Crippen molar-refractivity contribution in [2.75, 3.05) is 7.11 Å². The smallest absolute Gasteiger partial charge is 0.407 e. The van der Waals surface area contributed by atoms with Gasteiger partial charge in [0.1, 0.15) is 5.60 Å². The summed E-state index contributed by atoms with van der Waals surface area (Å²) in [5, 5.41) is 13.9. The van der Waals surface area contributed by atoms with Crippen LogP contribution in [0.4, 0.5) is 4.79 Å². The zero-order chi connectivity index (χ0) is 15.3. The third kappa shape index (κ3) is 4.66. The van der Waals surface area contributed by atoms with E-state index in [0.717, 1.165) is 5.56 Å². The number of ether oxygens (including phenoxy) is 1. The molecule has 112 valence electrons. The molecule has 2 rings (SSSR count). The molecule has 0 aliphatic heterocycles. The summed E-state index contributed by atoms with van der Waals surface area (Å²) in [4.78, 5) is 11.1. The summed E-state index contributed by atoms with van der Waals surface area (Å²) in [5.74, 6) is 5.92. The van der Waals surface area contributed by atoms with Crippen LogP contribution in [0.15, 0.2) is 24.3 Å². The van der Waals surface area contributed by atoms with Gasteiger partial charge >= 0.3 is 6.09 Å². The number of benzene rings is 1. The third-order valence-electron chi connectivity index (χ3n) is 3.60. The van der Waals surface area contributed by atoms with Gasteiger partial charge in [-0.25, -0.2) is 4.79 Å². The molecule has 1 amide bonds. The number of hydrogen-bond donors (Lipinski definition) is 2. The molecule has 21 heavy (non-hydrogen) atoms. The van der Waals surface area contributed by atoms with Crippen LogP contribution < -0.4 is 5.32 Å². The molecule has 1 aliphatic carbocycles.